The quantitative estimate of drug-likeness (QED) is 0.607. The van der Waals surface area contributed by atoms with E-state index >= 15 is 0 Å². The van der Waals surface area contributed by atoms with Gasteiger partial charge in [0.25, 0.3) is 15.2 Å². The van der Waals surface area contributed by atoms with E-state index in [1.54, 1.807) is 0 Å². The van der Waals surface area contributed by atoms with E-state index in [4.69, 9.17) is 5.14 Å². The zero-order valence-corrected chi connectivity index (χ0v) is 8.65. The third-order valence-electron chi connectivity index (χ3n) is 1.80. The highest BCUT2D eigenvalue weighted by Gasteiger charge is 2.16. The minimum absolute atomic E-state index is 0.0223. The highest BCUT2D eigenvalue weighted by Crippen LogP contribution is 2.09. The van der Waals surface area contributed by atoms with E-state index in [9.17, 15) is 13.2 Å². The third kappa shape index (κ3) is 1.85. The smallest absolute Gasteiger partial charge is 0.273 e. The third-order valence-corrected chi connectivity index (χ3v) is 2.52. The lowest BCUT2D eigenvalue weighted by molar-refractivity contribution is 0.589. The van der Waals surface area contributed by atoms with Crippen LogP contribution in [0.15, 0.2) is 28.4 Å². The molecule has 0 bridgehead atoms. The van der Waals surface area contributed by atoms with Crippen molar-refractivity contribution >= 4 is 10.0 Å². The minimum Gasteiger partial charge on any atom is -0.367 e. The Kier molecular flexibility index (Phi) is 2.33. The summed E-state index contributed by atoms with van der Waals surface area (Å²) < 4.78 is 21.8. The van der Waals surface area contributed by atoms with Gasteiger partial charge in [-0.25, -0.2) is 18.7 Å². The Morgan fingerprint density at radius 3 is 2.69 bits per heavy atom. The average Bonchev–Trinajstić information content (AvgIpc) is 2.66. The summed E-state index contributed by atoms with van der Waals surface area (Å²) in [6.07, 6.45) is 2.82. The number of aromatic nitrogens is 4. The molecule has 0 fully saturated rings. The number of hydrogen-bond acceptors (Lipinski definition) is 5. The monoisotopic (exact) mass is 241 g/mol. The molecule has 0 aliphatic heterocycles. The molecular formula is C7H7N5O3S. The lowest BCUT2D eigenvalue weighted by atomic mass is 10.3. The van der Waals surface area contributed by atoms with Crippen LogP contribution in [0.2, 0.25) is 0 Å². The van der Waals surface area contributed by atoms with Crippen LogP contribution >= 0.6 is 0 Å². The van der Waals surface area contributed by atoms with Crippen molar-refractivity contribution < 1.29 is 8.42 Å². The van der Waals surface area contributed by atoms with Gasteiger partial charge in [-0.05, 0) is 0 Å². The number of nitrogens with zero attached hydrogens (tertiary/aromatic N) is 2. The van der Waals surface area contributed by atoms with Gasteiger partial charge >= 0.3 is 0 Å². The van der Waals surface area contributed by atoms with Crippen LogP contribution < -0.4 is 10.6 Å². The molecule has 16 heavy (non-hydrogen) atoms. The standard InChI is InChI=1S/C7H7N5O3S/c8-16(14,15)7-10-6(11-12-7)4-3-9-2-1-5(4)13/h1-3H,(H,9,13)(H2,8,14,15)(H,10,11,12). The SMILES string of the molecule is NS(=O)(=O)c1nc(-c2c[nH]ccc2=O)n[nH]1. The van der Waals surface area contributed by atoms with Crippen LogP contribution in [-0.2, 0) is 10.0 Å². The number of aromatic amines is 2. The van der Waals surface area contributed by atoms with Gasteiger partial charge in [0.05, 0.1) is 5.56 Å². The second-order valence-electron chi connectivity index (χ2n) is 2.93. The van der Waals surface area contributed by atoms with Gasteiger partial charge in [-0.1, -0.05) is 0 Å². The molecule has 0 unspecified atom stereocenters. The molecule has 2 heterocycles. The highest BCUT2D eigenvalue weighted by atomic mass is 32.2. The molecule has 0 atom stereocenters. The van der Waals surface area contributed by atoms with Crippen LogP contribution in [0.25, 0.3) is 11.4 Å². The number of nitrogens with two attached hydrogens (primary N) is 1. The lowest BCUT2D eigenvalue weighted by Gasteiger charge is -1.91. The first-order chi connectivity index (χ1) is 7.48. The first-order valence-electron chi connectivity index (χ1n) is 4.11. The Bertz CT molecular complexity index is 671. The van der Waals surface area contributed by atoms with Crippen molar-refractivity contribution in [2.75, 3.05) is 0 Å². The van der Waals surface area contributed by atoms with E-state index in [1.807, 2.05) is 0 Å². The first-order valence-corrected chi connectivity index (χ1v) is 5.66. The van der Waals surface area contributed by atoms with Crippen molar-refractivity contribution in [3.63, 3.8) is 0 Å². The topological polar surface area (TPSA) is 135 Å². The molecule has 0 aromatic carbocycles. The summed E-state index contributed by atoms with van der Waals surface area (Å²) in [5, 5.41) is 10.1. The Balaban J connectivity index is 2.56. The largest absolute Gasteiger partial charge is 0.367 e. The second kappa shape index (κ2) is 3.54. The van der Waals surface area contributed by atoms with Gasteiger partial charge in [-0.3, -0.25) is 4.79 Å². The molecule has 2 aromatic rings. The summed E-state index contributed by atoms with van der Waals surface area (Å²) in [6.45, 7) is 0. The summed E-state index contributed by atoms with van der Waals surface area (Å²) in [4.78, 5) is 17.7. The van der Waals surface area contributed by atoms with Crippen LogP contribution in [0, 0.1) is 0 Å². The lowest BCUT2D eigenvalue weighted by Crippen LogP contribution is -2.14. The van der Waals surface area contributed by atoms with Crippen molar-refractivity contribution in [2.45, 2.75) is 5.16 Å². The van der Waals surface area contributed by atoms with E-state index in [2.05, 4.69) is 20.2 Å². The Labute approximate surface area is 89.6 Å². The van der Waals surface area contributed by atoms with Crippen molar-refractivity contribution in [3.8, 4) is 11.4 Å². The Morgan fingerprint density at radius 1 is 1.38 bits per heavy atom. The number of H-pyrrole nitrogens is 2. The van der Waals surface area contributed by atoms with Crippen molar-refractivity contribution in [1.29, 1.82) is 0 Å². The number of hydrogen-bond donors (Lipinski definition) is 3. The minimum atomic E-state index is -3.94. The molecule has 2 aromatic heterocycles. The molecule has 2 rings (SSSR count). The summed E-state index contributed by atoms with van der Waals surface area (Å²) in [5.74, 6) is -0.0223. The van der Waals surface area contributed by atoms with Gasteiger partial charge in [0.15, 0.2) is 11.3 Å². The molecule has 0 amide bonds. The molecule has 0 aliphatic carbocycles. The van der Waals surface area contributed by atoms with Gasteiger partial charge in [0, 0.05) is 18.5 Å². The van der Waals surface area contributed by atoms with Crippen LogP contribution in [0.3, 0.4) is 0 Å². The molecule has 0 aliphatic rings. The summed E-state index contributed by atoms with van der Waals surface area (Å²) in [5.41, 5.74) is -0.160. The molecule has 4 N–H and O–H groups in total. The van der Waals surface area contributed by atoms with Gasteiger partial charge in [-0.2, -0.15) is 10.1 Å². The average molecular weight is 241 g/mol. The molecule has 8 nitrogen and oxygen atoms in total. The molecule has 0 spiro atoms. The van der Waals surface area contributed by atoms with Crippen LogP contribution in [0.1, 0.15) is 0 Å². The van der Waals surface area contributed by atoms with E-state index in [0.717, 1.165) is 0 Å². The second-order valence-corrected chi connectivity index (χ2v) is 4.41. The number of primary sulfonamides is 1. The number of rotatable bonds is 2. The highest BCUT2D eigenvalue weighted by molar-refractivity contribution is 7.89. The normalized spacial score (nSPS) is 11.6. The molecule has 0 radical (unpaired) electrons. The van der Waals surface area contributed by atoms with Crippen LogP contribution in [-0.4, -0.2) is 28.6 Å². The van der Waals surface area contributed by atoms with E-state index in [-0.39, 0.29) is 16.8 Å². The zero-order valence-electron chi connectivity index (χ0n) is 7.84. The fraction of sp³-hybridized carbons (Fsp3) is 0. The van der Waals surface area contributed by atoms with Gasteiger partial charge in [0.1, 0.15) is 0 Å². The van der Waals surface area contributed by atoms with E-state index in [1.165, 1.54) is 18.5 Å². The van der Waals surface area contributed by atoms with Gasteiger partial charge in [0.2, 0.25) is 0 Å². The summed E-state index contributed by atoms with van der Waals surface area (Å²) in [7, 11) is -3.94. The fourth-order valence-electron chi connectivity index (χ4n) is 1.09. The molecule has 84 valence electrons. The van der Waals surface area contributed by atoms with Crippen LogP contribution in [0.5, 0.6) is 0 Å². The van der Waals surface area contributed by atoms with Gasteiger partial charge < -0.3 is 4.98 Å². The zero-order chi connectivity index (χ0) is 11.8. The number of sulfonamides is 1. The summed E-state index contributed by atoms with van der Waals surface area (Å²) >= 11 is 0. The Hall–Kier alpha value is -2.00. The van der Waals surface area contributed by atoms with E-state index < -0.39 is 15.2 Å². The Morgan fingerprint density at radius 2 is 2.12 bits per heavy atom. The van der Waals surface area contributed by atoms with E-state index in [0.29, 0.717) is 0 Å². The maximum absolute atomic E-state index is 11.4. The predicted octanol–water partition coefficient (Wildman–Crippen LogP) is -1.19. The van der Waals surface area contributed by atoms with Crippen LogP contribution in [0.4, 0.5) is 0 Å². The first kappa shape index (κ1) is 10.5. The fourth-order valence-corrected chi connectivity index (χ4v) is 1.47. The molecule has 0 saturated heterocycles. The maximum atomic E-state index is 11.4. The predicted molar refractivity (Wildman–Crippen MR) is 53.8 cm³/mol. The number of nitrogens with one attached hydrogen (secondary N) is 2. The van der Waals surface area contributed by atoms with Crippen molar-refractivity contribution in [1.82, 2.24) is 20.2 Å². The van der Waals surface area contributed by atoms with Gasteiger partial charge in [-0.15, -0.1) is 0 Å². The molecule has 0 saturated carbocycles. The number of pyridine rings is 1. The summed E-state index contributed by atoms with van der Waals surface area (Å²) in [6, 6.07) is 1.28. The van der Waals surface area contributed by atoms with Crippen molar-refractivity contribution in [2.24, 2.45) is 5.14 Å². The molecule has 9 heteroatoms. The molecular weight excluding hydrogens is 234 g/mol. The maximum Gasteiger partial charge on any atom is 0.273 e. The van der Waals surface area contributed by atoms with Crippen molar-refractivity contribution in [3.05, 3.63) is 28.7 Å².